The summed E-state index contributed by atoms with van der Waals surface area (Å²) in [5.41, 5.74) is 2.73. The van der Waals surface area contributed by atoms with Crippen molar-refractivity contribution in [2.45, 2.75) is 32.6 Å². The molecule has 0 unspecified atom stereocenters. The first-order chi connectivity index (χ1) is 11.7. The van der Waals surface area contributed by atoms with Gasteiger partial charge >= 0.3 is 0 Å². The average Bonchev–Trinajstić information content (AvgIpc) is 3.11. The third-order valence-corrected chi connectivity index (χ3v) is 4.54. The molecule has 2 heteroatoms. The highest BCUT2D eigenvalue weighted by atomic mass is 19.2. The van der Waals surface area contributed by atoms with E-state index >= 15 is 0 Å². The molecule has 24 heavy (non-hydrogen) atoms. The summed E-state index contributed by atoms with van der Waals surface area (Å²) in [5, 5.41) is 0. The minimum atomic E-state index is -0.742. The zero-order valence-corrected chi connectivity index (χ0v) is 13.9. The van der Waals surface area contributed by atoms with E-state index in [9.17, 15) is 8.78 Å². The molecule has 124 valence electrons. The number of halogens is 2. The Morgan fingerprint density at radius 1 is 0.833 bits per heavy atom. The van der Waals surface area contributed by atoms with E-state index in [4.69, 9.17) is 0 Å². The number of benzene rings is 2. The molecule has 0 nitrogen and oxygen atoms in total. The second-order valence-electron chi connectivity index (χ2n) is 6.32. The van der Waals surface area contributed by atoms with Crippen LogP contribution in [0, 0.1) is 17.6 Å². The van der Waals surface area contributed by atoms with E-state index in [1.165, 1.54) is 5.56 Å². The van der Waals surface area contributed by atoms with Gasteiger partial charge in [0, 0.05) is 5.56 Å². The lowest BCUT2D eigenvalue weighted by Crippen LogP contribution is -2.00. The van der Waals surface area contributed by atoms with Crippen molar-refractivity contribution >= 4 is 0 Å². The third-order valence-electron chi connectivity index (χ3n) is 4.54. The molecule has 0 aliphatic heterocycles. The lowest BCUT2D eigenvalue weighted by atomic mass is 9.96. The Morgan fingerprint density at radius 2 is 1.54 bits per heavy atom. The molecule has 0 saturated heterocycles. The van der Waals surface area contributed by atoms with Crippen molar-refractivity contribution in [3.05, 3.63) is 83.5 Å². The van der Waals surface area contributed by atoms with Gasteiger partial charge in [-0.05, 0) is 41.9 Å². The van der Waals surface area contributed by atoms with Crippen molar-refractivity contribution in [2.75, 3.05) is 0 Å². The number of hydrogen-bond donors (Lipinski definition) is 0. The maximum Gasteiger partial charge on any atom is 0.166 e. The van der Waals surface area contributed by atoms with Gasteiger partial charge in [-0.15, -0.1) is 0 Å². The molecular formula is C22H22F2. The molecule has 1 aliphatic rings. The summed E-state index contributed by atoms with van der Waals surface area (Å²) in [7, 11) is 0. The number of rotatable bonds is 6. The standard InChI is InChI=1S/C22H22F2/c1-2-5-16-8-11-18(12-9-16)20-15-14-19(21(23)22(20)24)13-10-17-6-3-4-7-17/h3-4,6-9,11-12,14-15,17H,2,5,10,13H2,1H3. The lowest BCUT2D eigenvalue weighted by Gasteiger charge is -2.11. The zero-order chi connectivity index (χ0) is 16.9. The second kappa shape index (κ2) is 7.57. The van der Waals surface area contributed by atoms with E-state index < -0.39 is 11.6 Å². The minimum Gasteiger partial charge on any atom is -0.203 e. The number of aryl methyl sites for hydroxylation is 2. The normalized spacial score (nSPS) is 13.8. The van der Waals surface area contributed by atoms with Crippen molar-refractivity contribution in [1.82, 2.24) is 0 Å². The molecule has 0 saturated carbocycles. The average molecular weight is 324 g/mol. The van der Waals surface area contributed by atoms with Crippen LogP contribution in [-0.4, -0.2) is 0 Å². The monoisotopic (exact) mass is 324 g/mol. The smallest absolute Gasteiger partial charge is 0.166 e. The Hall–Kier alpha value is -2.22. The largest absolute Gasteiger partial charge is 0.203 e. The first kappa shape index (κ1) is 16.6. The Balaban J connectivity index is 1.78. The molecule has 0 N–H and O–H groups in total. The summed E-state index contributed by atoms with van der Waals surface area (Å²) in [4.78, 5) is 0. The topological polar surface area (TPSA) is 0 Å². The van der Waals surface area contributed by atoms with Gasteiger partial charge in [0.15, 0.2) is 11.6 Å². The fraction of sp³-hybridized carbons (Fsp3) is 0.273. The van der Waals surface area contributed by atoms with Crippen molar-refractivity contribution in [3.8, 4) is 11.1 Å². The molecular weight excluding hydrogens is 302 g/mol. The summed E-state index contributed by atoms with van der Waals surface area (Å²) in [6.07, 6.45) is 11.6. The van der Waals surface area contributed by atoms with E-state index in [0.29, 0.717) is 23.5 Å². The highest BCUT2D eigenvalue weighted by Gasteiger charge is 2.15. The van der Waals surface area contributed by atoms with Gasteiger partial charge in [0.1, 0.15) is 0 Å². The highest BCUT2D eigenvalue weighted by molar-refractivity contribution is 5.65. The van der Waals surface area contributed by atoms with E-state index in [2.05, 4.69) is 19.1 Å². The molecule has 0 amide bonds. The van der Waals surface area contributed by atoms with Crippen LogP contribution in [-0.2, 0) is 12.8 Å². The highest BCUT2D eigenvalue weighted by Crippen LogP contribution is 2.28. The van der Waals surface area contributed by atoms with Gasteiger partial charge < -0.3 is 0 Å². The van der Waals surface area contributed by atoms with Gasteiger partial charge in [-0.3, -0.25) is 0 Å². The summed E-state index contributed by atoms with van der Waals surface area (Å²) in [6, 6.07) is 11.1. The lowest BCUT2D eigenvalue weighted by molar-refractivity contribution is 0.498. The summed E-state index contributed by atoms with van der Waals surface area (Å²) < 4.78 is 28.9. The molecule has 0 heterocycles. The summed E-state index contributed by atoms with van der Waals surface area (Å²) in [5.74, 6) is -1.12. The van der Waals surface area contributed by atoms with Crippen LogP contribution in [0.3, 0.4) is 0 Å². The molecule has 2 aromatic carbocycles. The number of allylic oxidation sites excluding steroid dienone is 4. The fourth-order valence-corrected chi connectivity index (χ4v) is 3.14. The molecule has 0 fully saturated rings. The van der Waals surface area contributed by atoms with E-state index in [0.717, 1.165) is 24.8 Å². The molecule has 0 radical (unpaired) electrons. The maximum absolute atomic E-state index is 14.5. The first-order valence-corrected chi connectivity index (χ1v) is 8.60. The third kappa shape index (κ3) is 3.64. The van der Waals surface area contributed by atoms with E-state index in [1.54, 1.807) is 12.1 Å². The van der Waals surface area contributed by atoms with Crippen LogP contribution in [0.25, 0.3) is 11.1 Å². The Bertz CT molecular complexity index is 742. The molecule has 2 aromatic rings. The van der Waals surface area contributed by atoms with E-state index in [-0.39, 0.29) is 0 Å². The Kier molecular flexibility index (Phi) is 5.24. The number of hydrogen-bond acceptors (Lipinski definition) is 0. The fourth-order valence-electron chi connectivity index (χ4n) is 3.14. The molecule has 3 rings (SSSR count). The van der Waals surface area contributed by atoms with Crippen molar-refractivity contribution in [1.29, 1.82) is 0 Å². The zero-order valence-electron chi connectivity index (χ0n) is 13.9. The quantitative estimate of drug-likeness (QED) is 0.588. The van der Waals surface area contributed by atoms with Crippen LogP contribution in [0.4, 0.5) is 8.78 Å². The van der Waals surface area contributed by atoms with Gasteiger partial charge in [-0.25, -0.2) is 8.78 Å². The van der Waals surface area contributed by atoms with Crippen LogP contribution in [0.2, 0.25) is 0 Å². The van der Waals surface area contributed by atoms with Crippen molar-refractivity contribution in [3.63, 3.8) is 0 Å². The van der Waals surface area contributed by atoms with Crippen LogP contribution in [0.5, 0.6) is 0 Å². The van der Waals surface area contributed by atoms with Crippen LogP contribution >= 0.6 is 0 Å². The van der Waals surface area contributed by atoms with Crippen LogP contribution in [0.15, 0.2) is 60.7 Å². The minimum absolute atomic E-state index is 0.332. The molecule has 1 aliphatic carbocycles. The first-order valence-electron chi connectivity index (χ1n) is 8.60. The predicted molar refractivity (Wildman–Crippen MR) is 95.9 cm³/mol. The van der Waals surface area contributed by atoms with Gasteiger partial charge in [-0.1, -0.05) is 74.0 Å². The molecule has 0 aromatic heterocycles. The predicted octanol–water partition coefficient (Wildman–Crippen LogP) is 6.26. The van der Waals surface area contributed by atoms with Crippen molar-refractivity contribution in [2.24, 2.45) is 5.92 Å². The second-order valence-corrected chi connectivity index (χ2v) is 6.32. The maximum atomic E-state index is 14.5. The van der Waals surface area contributed by atoms with Gasteiger partial charge in [0.25, 0.3) is 0 Å². The summed E-state index contributed by atoms with van der Waals surface area (Å²) >= 11 is 0. The molecule has 0 bridgehead atoms. The molecule has 0 spiro atoms. The van der Waals surface area contributed by atoms with Crippen LogP contribution in [0.1, 0.15) is 30.9 Å². The van der Waals surface area contributed by atoms with Crippen molar-refractivity contribution < 1.29 is 8.78 Å². The Labute approximate surface area is 142 Å². The van der Waals surface area contributed by atoms with Crippen LogP contribution < -0.4 is 0 Å². The SMILES string of the molecule is CCCc1ccc(-c2ccc(CCC3C=CC=C3)c(F)c2F)cc1. The molecule has 0 atom stereocenters. The van der Waals surface area contributed by atoms with Gasteiger partial charge in [0.2, 0.25) is 0 Å². The van der Waals surface area contributed by atoms with E-state index in [1.807, 2.05) is 36.4 Å². The summed E-state index contributed by atoms with van der Waals surface area (Å²) in [6.45, 7) is 2.12. The van der Waals surface area contributed by atoms with Gasteiger partial charge in [-0.2, -0.15) is 0 Å². The Morgan fingerprint density at radius 3 is 2.21 bits per heavy atom. The van der Waals surface area contributed by atoms with Gasteiger partial charge in [0.05, 0.1) is 0 Å².